The standard InChI is InChI=1S/C18H28N2O4S/c1-18(2,3)11-5-6-12-13(9-11)25-16(15(12)17(23)24)19-14(22)10-20(4)7-8-21/h11,21H,5-10H2,1-4H3,(H,19,22)(H,23,24). The summed E-state index contributed by atoms with van der Waals surface area (Å²) in [4.78, 5) is 26.7. The number of aliphatic hydroxyl groups is 1. The average Bonchev–Trinajstić information content (AvgIpc) is 2.82. The molecule has 140 valence electrons. The molecule has 0 bridgehead atoms. The third-order valence-corrected chi connectivity index (χ3v) is 6.02. The average molecular weight is 368 g/mol. The van der Waals surface area contributed by atoms with E-state index in [2.05, 4.69) is 26.1 Å². The van der Waals surface area contributed by atoms with Gasteiger partial charge in [-0.1, -0.05) is 20.8 Å². The number of likely N-dealkylation sites (N-methyl/N-ethyl adjacent to an activating group) is 1. The zero-order valence-corrected chi connectivity index (χ0v) is 16.2. The highest BCUT2D eigenvalue weighted by molar-refractivity contribution is 7.17. The molecular formula is C18H28N2O4S. The van der Waals surface area contributed by atoms with E-state index in [0.717, 1.165) is 29.7 Å². The number of rotatable bonds is 6. The second-order valence-electron chi connectivity index (χ2n) is 7.83. The number of carboxylic acid groups (broad SMARTS) is 1. The van der Waals surface area contributed by atoms with Crippen LogP contribution in [0.3, 0.4) is 0 Å². The zero-order valence-electron chi connectivity index (χ0n) is 15.4. The van der Waals surface area contributed by atoms with Crippen LogP contribution >= 0.6 is 11.3 Å². The van der Waals surface area contributed by atoms with E-state index in [1.54, 1.807) is 11.9 Å². The Hall–Kier alpha value is -1.44. The molecule has 1 heterocycles. The Bertz CT molecular complexity index is 648. The van der Waals surface area contributed by atoms with E-state index in [4.69, 9.17) is 5.11 Å². The molecule has 25 heavy (non-hydrogen) atoms. The van der Waals surface area contributed by atoms with E-state index in [0.29, 0.717) is 17.5 Å². The Kier molecular flexibility index (Phi) is 6.24. The molecular weight excluding hydrogens is 340 g/mol. The van der Waals surface area contributed by atoms with Crippen molar-refractivity contribution in [2.24, 2.45) is 11.3 Å². The number of amides is 1. The summed E-state index contributed by atoms with van der Waals surface area (Å²) in [5.41, 5.74) is 1.32. The number of fused-ring (bicyclic) bond motifs is 1. The van der Waals surface area contributed by atoms with Crippen LogP contribution in [-0.2, 0) is 17.6 Å². The number of carboxylic acids is 1. The third-order valence-electron chi connectivity index (χ3n) is 4.85. The SMILES string of the molecule is CN(CCO)CC(=O)Nc1sc2c(c1C(=O)O)CCC(C(C)(C)C)C2. The van der Waals surface area contributed by atoms with Gasteiger partial charge in [0.15, 0.2) is 0 Å². The number of thiophene rings is 1. The fraction of sp³-hybridized carbons (Fsp3) is 0.667. The van der Waals surface area contributed by atoms with Crippen molar-refractivity contribution in [1.82, 2.24) is 4.90 Å². The van der Waals surface area contributed by atoms with Gasteiger partial charge in [-0.3, -0.25) is 9.69 Å². The Balaban J connectivity index is 2.21. The predicted octanol–water partition coefficient (Wildman–Crippen LogP) is 2.46. The van der Waals surface area contributed by atoms with E-state index in [1.165, 1.54) is 11.3 Å². The summed E-state index contributed by atoms with van der Waals surface area (Å²) in [6.45, 7) is 7.14. The molecule has 1 aromatic rings. The number of nitrogens with one attached hydrogen (secondary N) is 1. The number of carbonyl (C=O) groups is 2. The first-order valence-corrected chi connectivity index (χ1v) is 9.42. The van der Waals surface area contributed by atoms with Crippen molar-refractivity contribution in [3.8, 4) is 0 Å². The van der Waals surface area contributed by atoms with Crippen LogP contribution in [0.1, 0.15) is 48.0 Å². The highest BCUT2D eigenvalue weighted by Gasteiger charge is 2.34. The summed E-state index contributed by atoms with van der Waals surface area (Å²) in [5, 5.41) is 21.7. The van der Waals surface area contributed by atoms with Gasteiger partial charge < -0.3 is 15.5 Å². The molecule has 1 aliphatic rings. The number of nitrogens with zero attached hydrogens (tertiary/aromatic N) is 1. The summed E-state index contributed by atoms with van der Waals surface area (Å²) in [5.74, 6) is -0.727. The van der Waals surface area contributed by atoms with Crippen LogP contribution in [0, 0.1) is 11.3 Å². The highest BCUT2D eigenvalue weighted by Crippen LogP contribution is 2.44. The molecule has 0 radical (unpaired) electrons. The van der Waals surface area contributed by atoms with Gasteiger partial charge in [-0.25, -0.2) is 4.79 Å². The first-order valence-electron chi connectivity index (χ1n) is 8.60. The molecule has 1 aromatic heterocycles. The molecule has 6 nitrogen and oxygen atoms in total. The van der Waals surface area contributed by atoms with E-state index < -0.39 is 5.97 Å². The quantitative estimate of drug-likeness (QED) is 0.718. The minimum atomic E-state index is -0.981. The van der Waals surface area contributed by atoms with Gasteiger partial charge in [-0.15, -0.1) is 11.3 Å². The summed E-state index contributed by atoms with van der Waals surface area (Å²) in [6, 6.07) is 0. The smallest absolute Gasteiger partial charge is 0.339 e. The van der Waals surface area contributed by atoms with Gasteiger partial charge >= 0.3 is 5.97 Å². The van der Waals surface area contributed by atoms with Crippen molar-refractivity contribution in [3.05, 3.63) is 16.0 Å². The van der Waals surface area contributed by atoms with Crippen molar-refractivity contribution < 1.29 is 19.8 Å². The third kappa shape index (κ3) is 4.80. The van der Waals surface area contributed by atoms with Crippen molar-refractivity contribution >= 4 is 28.2 Å². The lowest BCUT2D eigenvalue weighted by molar-refractivity contribution is -0.117. The Labute approximate surface area is 152 Å². The van der Waals surface area contributed by atoms with Gasteiger partial charge in [0, 0.05) is 11.4 Å². The van der Waals surface area contributed by atoms with E-state index >= 15 is 0 Å². The molecule has 1 atom stereocenters. The second kappa shape index (κ2) is 7.85. The normalized spacial score (nSPS) is 17.4. The Morgan fingerprint density at radius 1 is 1.36 bits per heavy atom. The summed E-state index contributed by atoms with van der Waals surface area (Å²) in [6.07, 6.45) is 2.58. The first kappa shape index (κ1) is 19.9. The maximum Gasteiger partial charge on any atom is 0.339 e. The van der Waals surface area contributed by atoms with Gasteiger partial charge in [-0.2, -0.15) is 0 Å². The molecule has 0 fully saturated rings. The fourth-order valence-electron chi connectivity index (χ4n) is 3.30. The van der Waals surface area contributed by atoms with Crippen LogP contribution < -0.4 is 5.32 Å². The number of carbonyl (C=O) groups excluding carboxylic acids is 1. The number of anilines is 1. The highest BCUT2D eigenvalue weighted by atomic mass is 32.1. The summed E-state index contributed by atoms with van der Waals surface area (Å²) in [7, 11) is 1.74. The minimum Gasteiger partial charge on any atom is -0.478 e. The largest absolute Gasteiger partial charge is 0.478 e. The zero-order chi connectivity index (χ0) is 18.8. The van der Waals surface area contributed by atoms with E-state index in [1.807, 2.05) is 0 Å². The van der Waals surface area contributed by atoms with Crippen LogP contribution in [0.5, 0.6) is 0 Å². The van der Waals surface area contributed by atoms with E-state index in [9.17, 15) is 14.7 Å². The Morgan fingerprint density at radius 2 is 2.04 bits per heavy atom. The summed E-state index contributed by atoms with van der Waals surface area (Å²) < 4.78 is 0. The maximum absolute atomic E-state index is 12.2. The summed E-state index contributed by atoms with van der Waals surface area (Å²) >= 11 is 1.40. The Morgan fingerprint density at radius 3 is 2.60 bits per heavy atom. The number of aliphatic hydroxyl groups excluding tert-OH is 1. The van der Waals surface area contributed by atoms with E-state index in [-0.39, 0.29) is 30.0 Å². The molecule has 1 aliphatic carbocycles. The molecule has 0 aromatic carbocycles. The number of aromatic carboxylic acids is 1. The molecule has 0 spiro atoms. The van der Waals surface area contributed by atoms with Crippen molar-refractivity contribution in [3.63, 3.8) is 0 Å². The lowest BCUT2D eigenvalue weighted by Crippen LogP contribution is -2.32. The molecule has 3 N–H and O–H groups in total. The van der Waals surface area contributed by atoms with Crippen LogP contribution in [0.2, 0.25) is 0 Å². The van der Waals surface area contributed by atoms with Crippen LogP contribution in [0.15, 0.2) is 0 Å². The van der Waals surface area contributed by atoms with Gasteiger partial charge in [-0.05, 0) is 43.2 Å². The molecule has 0 saturated carbocycles. The maximum atomic E-state index is 12.2. The number of hydrogen-bond donors (Lipinski definition) is 3. The lowest BCUT2D eigenvalue weighted by Gasteiger charge is -2.33. The van der Waals surface area contributed by atoms with Crippen molar-refractivity contribution in [2.45, 2.75) is 40.0 Å². The number of hydrogen-bond acceptors (Lipinski definition) is 5. The molecule has 0 aliphatic heterocycles. The van der Waals surface area contributed by atoms with Crippen molar-refractivity contribution in [2.75, 3.05) is 32.1 Å². The molecule has 1 unspecified atom stereocenters. The monoisotopic (exact) mass is 368 g/mol. The van der Waals surface area contributed by atoms with Gasteiger partial charge in [0.25, 0.3) is 0 Å². The van der Waals surface area contributed by atoms with Crippen LogP contribution in [-0.4, -0.2) is 53.7 Å². The van der Waals surface area contributed by atoms with Gasteiger partial charge in [0.05, 0.1) is 18.7 Å². The van der Waals surface area contributed by atoms with Gasteiger partial charge in [0.2, 0.25) is 5.91 Å². The predicted molar refractivity (Wildman–Crippen MR) is 99.5 cm³/mol. The minimum absolute atomic E-state index is 0.0222. The first-order chi connectivity index (χ1) is 11.6. The topological polar surface area (TPSA) is 89.9 Å². The van der Waals surface area contributed by atoms with Crippen molar-refractivity contribution in [1.29, 1.82) is 0 Å². The molecule has 1 amide bonds. The molecule has 7 heteroatoms. The van der Waals surface area contributed by atoms with Gasteiger partial charge in [0.1, 0.15) is 5.00 Å². The second-order valence-corrected chi connectivity index (χ2v) is 8.93. The molecule has 0 saturated heterocycles. The van der Waals surface area contributed by atoms with Crippen LogP contribution in [0.25, 0.3) is 0 Å². The fourth-order valence-corrected chi connectivity index (χ4v) is 4.64. The lowest BCUT2D eigenvalue weighted by atomic mass is 9.72. The molecule has 2 rings (SSSR count). The van der Waals surface area contributed by atoms with Crippen LogP contribution in [0.4, 0.5) is 5.00 Å².